The fourth-order valence-electron chi connectivity index (χ4n) is 0. The molecule has 0 nitrogen and oxygen atoms in total. The molecule has 0 fully saturated rings. The normalized spacial score (nSPS) is 4.00. The summed E-state index contributed by atoms with van der Waals surface area (Å²) in [4.78, 5) is 0. The second-order valence-corrected chi connectivity index (χ2v) is 8.76. The fraction of sp³-hybridized carbons (Fsp3) is 0.667. The number of rotatable bonds is 0. The summed E-state index contributed by atoms with van der Waals surface area (Å²) in [5, 5.41) is 0. The van der Waals surface area contributed by atoms with Crippen molar-refractivity contribution in [3.63, 3.8) is 0 Å². The summed E-state index contributed by atoms with van der Waals surface area (Å²) in [5.41, 5.74) is 0. The largest absolute Gasteiger partial charge is 0.560 e. The Hall–Kier alpha value is 2.49. The van der Waals surface area contributed by atoms with E-state index in [1.807, 2.05) is 20.3 Å². The van der Waals surface area contributed by atoms with Gasteiger partial charge in [-0.3, -0.25) is 25.8 Å². The number of hydrogen-bond donors (Lipinski definition) is 0. The average Bonchev–Trinajstić information content (AvgIpc) is 1.39. The monoisotopic (exact) mass is 251 g/mol. The van der Waals surface area contributed by atoms with Crippen LogP contribution < -0.4 is 0 Å². The van der Waals surface area contributed by atoms with Gasteiger partial charge in [0.15, 0.2) is 0 Å². The van der Waals surface area contributed by atoms with Crippen molar-refractivity contribution < 1.29 is 0 Å². The molecule has 0 amide bonds. The van der Waals surface area contributed by atoms with Crippen molar-refractivity contribution in [3.05, 3.63) is 6.42 Å². The Balaban J connectivity index is -0.0000000400. The van der Waals surface area contributed by atoms with Crippen molar-refractivity contribution in [2.45, 2.75) is 13.8 Å². The summed E-state index contributed by atoms with van der Waals surface area (Å²) in [6.07, 6.45) is 2.00. The van der Waals surface area contributed by atoms with E-state index in [9.17, 15) is 0 Å². The highest BCUT2D eigenvalue weighted by Crippen LogP contribution is 1.77. The molecule has 0 unspecified atom stereocenters. The zero-order valence-corrected chi connectivity index (χ0v) is 8.63. The highest BCUT2D eigenvalue weighted by atomic mass is 79.9. The molecule has 0 aliphatic rings. The van der Waals surface area contributed by atoms with E-state index in [0.29, 0.717) is 0 Å². The molecule has 0 aliphatic carbocycles. The molecule has 0 saturated carbocycles. The maximum absolute atomic E-state index is 3.20. The average molecular weight is 254 g/mol. The molecule has 0 N–H and O–H groups in total. The Kier molecular flexibility index (Phi) is 54.8. The van der Waals surface area contributed by atoms with Crippen LogP contribution in [0, 0.1) is 6.42 Å². The Morgan fingerprint density at radius 3 is 1.29 bits per heavy atom. The minimum Gasteiger partial charge on any atom is -0.280 e. The first-order chi connectivity index (χ1) is 2.83. The number of hydrogen-bond acceptors (Lipinski definition) is 0. The van der Waals surface area contributed by atoms with Gasteiger partial charge in [-0.25, -0.2) is 0 Å². The van der Waals surface area contributed by atoms with Crippen LogP contribution in [0.2, 0.25) is 0 Å². The summed E-state index contributed by atoms with van der Waals surface area (Å²) in [6.45, 7) is 4.00. The zero-order valence-electron chi connectivity index (χ0n) is 4.04. The quantitative estimate of drug-likeness (QED) is 0.576. The molecular formula is C3H9Br2Mg2. The molecule has 0 bridgehead atoms. The summed E-state index contributed by atoms with van der Waals surface area (Å²) in [7, 11) is 0. The van der Waals surface area contributed by atoms with Crippen LogP contribution in [0.4, 0.5) is 0 Å². The molecular weight excluding hydrogens is 244 g/mol. The van der Waals surface area contributed by atoms with E-state index in [4.69, 9.17) is 0 Å². The van der Waals surface area contributed by atoms with Crippen LogP contribution in [0.25, 0.3) is 0 Å². The van der Waals surface area contributed by atoms with Gasteiger partial charge in [-0.1, -0.05) is 13.8 Å². The first-order valence-electron chi connectivity index (χ1n) is 1.69. The van der Waals surface area contributed by atoms with Gasteiger partial charge in [-0.2, -0.15) is 0 Å². The van der Waals surface area contributed by atoms with Gasteiger partial charge in [-0.05, 0) is 6.42 Å². The van der Waals surface area contributed by atoms with Crippen LogP contribution in [-0.2, 0) is 0 Å². The van der Waals surface area contributed by atoms with E-state index in [-0.39, 0.29) is 39.1 Å². The van der Waals surface area contributed by atoms with Crippen molar-refractivity contribution in [1.82, 2.24) is 0 Å². The molecule has 0 aromatic carbocycles. The van der Waals surface area contributed by atoms with Crippen LogP contribution in [0.15, 0.2) is 0 Å². The molecule has 1 radical (unpaired) electrons. The molecule has 0 aliphatic heterocycles. The predicted molar refractivity (Wildman–Crippen MR) is 47.8 cm³/mol. The second kappa shape index (κ2) is 23.6. The van der Waals surface area contributed by atoms with Crippen LogP contribution >= 0.6 is 25.8 Å². The maximum Gasteiger partial charge on any atom is 0.560 e. The molecule has 39 valence electrons. The molecule has 0 saturated heterocycles. The lowest BCUT2D eigenvalue weighted by Gasteiger charge is -1.47. The van der Waals surface area contributed by atoms with Crippen molar-refractivity contribution in [2.75, 3.05) is 0 Å². The van der Waals surface area contributed by atoms with Gasteiger partial charge in [0, 0.05) is 0 Å². The molecule has 4 heteroatoms. The first-order valence-corrected chi connectivity index (χ1v) is 9.49. The zero-order chi connectivity index (χ0) is 5.41. The van der Waals surface area contributed by atoms with E-state index in [1.165, 1.54) is 0 Å². The van der Waals surface area contributed by atoms with Crippen LogP contribution in [0.1, 0.15) is 13.8 Å². The molecule has 0 aromatic rings. The third-order valence-corrected chi connectivity index (χ3v) is 0. The molecule has 0 heterocycles. The van der Waals surface area contributed by atoms with Gasteiger partial charge in [-0.15, -0.1) is 0 Å². The van der Waals surface area contributed by atoms with E-state index in [1.54, 1.807) is 0 Å². The van der Waals surface area contributed by atoms with Crippen molar-refractivity contribution in [1.29, 1.82) is 0 Å². The van der Waals surface area contributed by atoms with Gasteiger partial charge in [0.2, 0.25) is 0 Å². The topological polar surface area (TPSA) is 0 Å². The predicted octanol–water partition coefficient (Wildman–Crippen LogP) is 1.62. The molecule has 0 spiro atoms. The highest BCUT2D eigenvalue weighted by Gasteiger charge is 1.62. The Morgan fingerprint density at radius 1 is 1.29 bits per heavy atom. The van der Waals surface area contributed by atoms with Crippen molar-refractivity contribution in [2.24, 2.45) is 0 Å². The maximum atomic E-state index is 3.20. The minimum absolute atomic E-state index is 0. The van der Waals surface area contributed by atoms with E-state index in [2.05, 4.69) is 25.8 Å². The van der Waals surface area contributed by atoms with E-state index in [0.717, 1.165) is 0 Å². The second-order valence-electron chi connectivity index (χ2n) is 0.678. The smallest absolute Gasteiger partial charge is 0.280 e. The minimum atomic E-state index is 0. The molecule has 0 aromatic heterocycles. The van der Waals surface area contributed by atoms with Gasteiger partial charge in [0.05, 0.1) is 0 Å². The fourth-order valence-corrected chi connectivity index (χ4v) is 0. The summed E-state index contributed by atoms with van der Waals surface area (Å²) in [5.74, 6) is 0. The van der Waals surface area contributed by atoms with Gasteiger partial charge >= 0.3 is 39.1 Å². The standard InChI is InChI=1S/C3H7.2BrH.2Mg.2H/c1-3-2;;;;;;/h3H,1-2H3;2*1H;;;;/q;;;;+2;;/p-2. The van der Waals surface area contributed by atoms with Crippen molar-refractivity contribution >= 4 is 64.8 Å². The third kappa shape index (κ3) is 57.6. The summed E-state index contributed by atoms with van der Waals surface area (Å²) in [6, 6.07) is 0. The van der Waals surface area contributed by atoms with Gasteiger partial charge in [0.1, 0.15) is 0 Å². The van der Waals surface area contributed by atoms with Crippen LogP contribution in [-0.4, -0.2) is 39.1 Å². The van der Waals surface area contributed by atoms with Crippen molar-refractivity contribution in [3.8, 4) is 0 Å². The lowest BCUT2D eigenvalue weighted by Crippen LogP contribution is -1.31. The van der Waals surface area contributed by atoms with Crippen LogP contribution in [0.5, 0.6) is 0 Å². The van der Waals surface area contributed by atoms with E-state index >= 15 is 0 Å². The number of halogens is 2. The van der Waals surface area contributed by atoms with Gasteiger partial charge in [0.25, 0.3) is 0 Å². The van der Waals surface area contributed by atoms with Crippen LogP contribution in [0.3, 0.4) is 0 Å². The third-order valence-electron chi connectivity index (χ3n) is 0. The Labute approximate surface area is 83.8 Å². The Bertz CT molecular complexity index is 12.9. The Morgan fingerprint density at radius 2 is 1.29 bits per heavy atom. The van der Waals surface area contributed by atoms with E-state index < -0.39 is 0 Å². The summed E-state index contributed by atoms with van der Waals surface area (Å²) < 4.78 is 0. The first kappa shape index (κ1) is 16.2. The van der Waals surface area contributed by atoms with Gasteiger partial charge < -0.3 is 0 Å². The lowest BCUT2D eigenvalue weighted by atomic mass is 10.6. The summed E-state index contributed by atoms with van der Waals surface area (Å²) >= 11 is 6.44. The SMILES string of the molecule is C[CH]C.[Br][Mg][Br].[MgH2]. The highest BCUT2D eigenvalue weighted by molar-refractivity contribution is 9.47. The molecule has 0 atom stereocenters. The molecule has 0 rings (SSSR count). The molecule has 7 heavy (non-hydrogen) atoms. The lowest BCUT2D eigenvalue weighted by molar-refractivity contribution is 1.41.